The van der Waals surface area contributed by atoms with Crippen LogP contribution in [0.25, 0.3) is 0 Å². The first-order chi connectivity index (χ1) is 9.15. The number of benzene rings is 1. The molecule has 0 amide bonds. The number of nitrogens with zero attached hydrogens (tertiary/aromatic N) is 1. The third kappa shape index (κ3) is 2.78. The fourth-order valence-electron chi connectivity index (χ4n) is 1.45. The minimum Gasteiger partial charge on any atom is -0.485 e. The smallest absolute Gasteiger partial charge is 0.335 e. The Morgan fingerprint density at radius 3 is 2.95 bits per heavy atom. The van der Waals surface area contributed by atoms with Gasteiger partial charge in [-0.25, -0.2) is 9.63 Å². The Kier molecular flexibility index (Phi) is 3.88. The third-order valence-electron chi connectivity index (χ3n) is 2.20. The van der Waals surface area contributed by atoms with Crippen molar-refractivity contribution in [3.63, 3.8) is 0 Å². The number of hydrogen-bond donors (Lipinski definition) is 1. The summed E-state index contributed by atoms with van der Waals surface area (Å²) in [7, 11) is 0. The minimum absolute atomic E-state index is 0.0276. The average molecular weight is 267 g/mol. The summed E-state index contributed by atoms with van der Waals surface area (Å²) in [5.74, 6) is -0.366. The van der Waals surface area contributed by atoms with Crippen LogP contribution in [0.4, 0.5) is 0 Å². The predicted molar refractivity (Wildman–Crippen MR) is 63.8 cm³/mol. The summed E-state index contributed by atoms with van der Waals surface area (Å²) in [4.78, 5) is 26.5. The zero-order valence-corrected chi connectivity index (χ0v) is 10.3. The molecule has 0 aliphatic carbocycles. The molecule has 0 atom stereocenters. The van der Waals surface area contributed by atoms with Crippen LogP contribution in [0.2, 0.25) is 0 Å². The van der Waals surface area contributed by atoms with E-state index in [-0.39, 0.29) is 29.4 Å². The number of fused-ring (bicyclic) bond motifs is 1. The normalized spacial score (nSPS) is 13.3. The highest BCUT2D eigenvalue weighted by Gasteiger charge is 2.30. The van der Waals surface area contributed by atoms with Gasteiger partial charge in [0.1, 0.15) is 6.61 Å². The summed E-state index contributed by atoms with van der Waals surface area (Å²) in [5, 5.41) is 9.82. The molecule has 0 fully saturated rings. The monoisotopic (exact) mass is 267 g/mol. The highest BCUT2D eigenvalue weighted by molar-refractivity contribution is 5.89. The number of rotatable bonds is 6. The Balaban J connectivity index is 2.32. The molecular weight excluding hydrogens is 254 g/mol. The largest absolute Gasteiger partial charge is 0.485 e. The van der Waals surface area contributed by atoms with Crippen LogP contribution in [0, 0.1) is 0 Å². The maximum Gasteiger partial charge on any atom is 0.335 e. The van der Waals surface area contributed by atoms with Crippen LogP contribution in [-0.4, -0.2) is 29.7 Å². The van der Waals surface area contributed by atoms with E-state index in [1.54, 1.807) is 6.92 Å². The number of carbonyl (C=O) groups is 1. The van der Waals surface area contributed by atoms with Crippen molar-refractivity contribution in [2.75, 3.05) is 13.2 Å². The van der Waals surface area contributed by atoms with E-state index in [0.29, 0.717) is 6.61 Å². The van der Waals surface area contributed by atoms with E-state index < -0.39 is 5.97 Å². The van der Waals surface area contributed by atoms with Gasteiger partial charge in [-0.15, -0.1) is 0 Å². The molecule has 1 heterocycles. The van der Waals surface area contributed by atoms with E-state index >= 15 is 0 Å². The molecule has 1 aliphatic rings. The summed E-state index contributed by atoms with van der Waals surface area (Å²) in [6.45, 7) is 5.83. The van der Waals surface area contributed by atoms with E-state index in [1.807, 2.05) is 0 Å². The van der Waals surface area contributed by atoms with E-state index in [4.69, 9.17) is 24.4 Å². The van der Waals surface area contributed by atoms with Crippen LogP contribution in [-0.2, 0) is 4.84 Å². The topological polar surface area (TPSA) is 77.5 Å². The Labute approximate surface area is 109 Å². The molecule has 0 unspecified atom stereocenters. The predicted octanol–water partition coefficient (Wildman–Crippen LogP) is 1.80. The molecule has 0 bridgehead atoms. The van der Waals surface area contributed by atoms with Gasteiger partial charge in [0.05, 0.1) is 12.2 Å². The van der Waals surface area contributed by atoms with Gasteiger partial charge in [-0.05, 0) is 13.0 Å². The number of carboxylic acids is 1. The number of ether oxygens (including phenoxy) is 1. The first-order valence-corrected chi connectivity index (χ1v) is 5.59. The molecule has 7 nitrogen and oxygen atoms in total. The van der Waals surface area contributed by atoms with Crippen molar-refractivity contribution in [1.82, 2.24) is 5.39 Å². The summed E-state index contributed by atoms with van der Waals surface area (Å²) in [6.07, 6.45) is 1.54. The fourth-order valence-corrected chi connectivity index (χ4v) is 1.45. The summed E-state index contributed by atoms with van der Waals surface area (Å²) in [6, 6.07) is 2.68. The van der Waals surface area contributed by atoms with Gasteiger partial charge in [0.25, 0.3) is 0 Å². The maximum absolute atomic E-state index is 11.0. The second-order valence-corrected chi connectivity index (χ2v) is 3.53. The van der Waals surface area contributed by atoms with Crippen molar-refractivity contribution in [3.05, 3.63) is 30.4 Å². The lowest BCUT2D eigenvalue weighted by atomic mass is 10.2. The molecule has 2 rings (SSSR count). The van der Waals surface area contributed by atoms with Crippen LogP contribution in [0.5, 0.6) is 17.2 Å². The van der Waals surface area contributed by atoms with E-state index in [0.717, 1.165) is 5.39 Å². The van der Waals surface area contributed by atoms with Crippen LogP contribution in [0.15, 0.2) is 24.8 Å². The van der Waals surface area contributed by atoms with Gasteiger partial charge in [-0.1, -0.05) is 12.7 Å². The standard InChI is InChI=1S/C12H13NO6/c1-3-5-16-9-6-8(12(14)15)7-10-11(9)19-13(18-10)17-4-2/h3,6-7H,1,4-5H2,2H3,(H,14,15). The quantitative estimate of drug-likeness (QED) is 0.787. The first kappa shape index (κ1) is 13.2. The van der Waals surface area contributed by atoms with Gasteiger partial charge < -0.3 is 19.5 Å². The minimum atomic E-state index is -1.09. The van der Waals surface area contributed by atoms with Crippen molar-refractivity contribution in [2.24, 2.45) is 0 Å². The van der Waals surface area contributed by atoms with Crippen molar-refractivity contribution in [3.8, 4) is 17.2 Å². The molecule has 1 N–H and O–H groups in total. The maximum atomic E-state index is 11.0. The highest BCUT2D eigenvalue weighted by atomic mass is 17.2. The highest BCUT2D eigenvalue weighted by Crippen LogP contribution is 2.43. The molecule has 0 radical (unpaired) electrons. The van der Waals surface area contributed by atoms with Crippen molar-refractivity contribution < 1.29 is 29.2 Å². The molecule has 7 heteroatoms. The summed E-state index contributed by atoms with van der Waals surface area (Å²) >= 11 is 0. The lowest BCUT2D eigenvalue weighted by molar-refractivity contribution is -0.433. The Morgan fingerprint density at radius 2 is 2.32 bits per heavy atom. The van der Waals surface area contributed by atoms with Gasteiger partial charge in [-0.2, -0.15) is 0 Å². The van der Waals surface area contributed by atoms with Gasteiger partial charge in [0, 0.05) is 6.07 Å². The molecule has 1 aliphatic heterocycles. The lowest BCUT2D eigenvalue weighted by Crippen LogP contribution is -2.26. The van der Waals surface area contributed by atoms with Gasteiger partial charge in [0.15, 0.2) is 11.1 Å². The van der Waals surface area contributed by atoms with Crippen LogP contribution in [0.1, 0.15) is 17.3 Å². The Bertz CT molecular complexity index is 501. The van der Waals surface area contributed by atoms with Crippen LogP contribution >= 0.6 is 0 Å². The third-order valence-corrected chi connectivity index (χ3v) is 2.20. The van der Waals surface area contributed by atoms with E-state index in [1.165, 1.54) is 18.2 Å². The molecule has 0 saturated heterocycles. The molecular formula is C12H13NO6. The summed E-state index contributed by atoms with van der Waals surface area (Å²) < 4.78 is 5.35. The Hall–Kier alpha value is -2.25. The number of hydrogen-bond acceptors (Lipinski definition) is 6. The van der Waals surface area contributed by atoms with Crippen molar-refractivity contribution in [1.29, 1.82) is 0 Å². The lowest BCUT2D eigenvalue weighted by Gasteiger charge is -2.09. The van der Waals surface area contributed by atoms with Gasteiger partial charge in [0.2, 0.25) is 11.5 Å². The van der Waals surface area contributed by atoms with Crippen molar-refractivity contribution in [2.45, 2.75) is 6.92 Å². The molecule has 1 aromatic rings. The average Bonchev–Trinajstić information content (AvgIpc) is 2.78. The van der Waals surface area contributed by atoms with Crippen molar-refractivity contribution >= 4 is 5.97 Å². The Morgan fingerprint density at radius 1 is 1.53 bits per heavy atom. The fraction of sp³-hybridized carbons (Fsp3) is 0.250. The second kappa shape index (κ2) is 5.59. The second-order valence-electron chi connectivity index (χ2n) is 3.53. The molecule has 19 heavy (non-hydrogen) atoms. The molecule has 1 aromatic carbocycles. The van der Waals surface area contributed by atoms with Crippen LogP contribution < -0.4 is 14.4 Å². The first-order valence-electron chi connectivity index (χ1n) is 5.59. The number of carboxylic acid groups (broad SMARTS) is 1. The van der Waals surface area contributed by atoms with E-state index in [2.05, 4.69) is 6.58 Å². The van der Waals surface area contributed by atoms with Gasteiger partial charge >= 0.3 is 5.97 Å². The zero-order chi connectivity index (χ0) is 13.8. The summed E-state index contributed by atoms with van der Waals surface area (Å²) in [5.41, 5.74) is 0.0276. The molecule has 102 valence electrons. The molecule has 0 saturated carbocycles. The number of aromatic carboxylic acids is 1. The zero-order valence-electron chi connectivity index (χ0n) is 10.3. The SMILES string of the molecule is C=CCOc1cc(C(=O)O)cc2c1ON(OCC)O2. The van der Waals surface area contributed by atoms with E-state index in [9.17, 15) is 4.79 Å². The van der Waals surface area contributed by atoms with Gasteiger partial charge in [-0.3, -0.25) is 0 Å². The van der Waals surface area contributed by atoms with Crippen LogP contribution in [0.3, 0.4) is 0 Å². The molecule has 0 aromatic heterocycles. The molecule has 0 spiro atoms.